The van der Waals surface area contributed by atoms with Gasteiger partial charge >= 0.3 is 43.8 Å². The Morgan fingerprint density at radius 3 is 0.594 bits per heavy atom. The van der Waals surface area contributed by atoms with Gasteiger partial charge in [-0.05, 0) is 11.8 Å². The molecule has 0 aromatic carbocycles. The molecule has 0 aromatic rings. The highest BCUT2D eigenvalue weighted by Gasteiger charge is 2.67. The first kappa shape index (κ1) is 31.3. The topological polar surface area (TPSA) is 27.7 Å². The molecule has 0 saturated carbocycles. The van der Waals surface area contributed by atoms with Crippen LogP contribution in [0.15, 0.2) is 0 Å². The second-order valence-corrected chi connectivity index (χ2v) is 8.02. The number of hydrogen-bond acceptors (Lipinski definition) is 4. The van der Waals surface area contributed by atoms with Crippen LogP contribution < -0.4 is 0 Å². The van der Waals surface area contributed by atoms with E-state index in [1.807, 2.05) is 0 Å². The predicted octanol–water partition coefficient (Wildman–Crippen LogP) is 6.74. The highest BCUT2D eigenvalue weighted by Crippen LogP contribution is 2.61. The van der Waals surface area contributed by atoms with Crippen molar-refractivity contribution in [1.29, 1.82) is 0 Å². The molecule has 0 aliphatic rings. The summed E-state index contributed by atoms with van der Waals surface area (Å²) >= 11 is 3.29. The number of alkyl halides is 18. The summed E-state index contributed by atoms with van der Waals surface area (Å²) in [4.78, 5) is 0. The van der Waals surface area contributed by atoms with Crippen LogP contribution in [0.1, 0.15) is 0 Å². The lowest BCUT2D eigenvalue weighted by Gasteiger charge is -2.35. The van der Waals surface area contributed by atoms with Crippen LogP contribution >= 0.6 is 6.72 Å². The van der Waals surface area contributed by atoms with E-state index < -0.39 is 62.1 Å². The maximum atomic E-state index is 12.5. The van der Waals surface area contributed by atoms with E-state index in [1.54, 1.807) is 0 Å². The highest BCUT2D eigenvalue weighted by atomic mass is 32.5. The summed E-state index contributed by atoms with van der Waals surface area (Å²) in [5, 5.41) is 0. The Morgan fingerprint density at radius 1 is 0.375 bits per heavy atom. The van der Waals surface area contributed by atoms with Crippen molar-refractivity contribution in [3.63, 3.8) is 0 Å². The predicted molar refractivity (Wildman–Crippen MR) is 65.2 cm³/mol. The molecule has 0 radical (unpaired) electrons. The molecule has 0 amide bonds. The Labute approximate surface area is 167 Å². The van der Waals surface area contributed by atoms with E-state index in [2.05, 4.69) is 25.4 Å². The fraction of sp³-hybridized carbons (Fsp3) is 1.00. The SMILES string of the molecule is FC(F)(F)C(OP(=S)(OC(C(F)(F)F)C(F)(F)F)OC(C(F)(F)F)C(F)(F)F)C(F)(F)F. The molecule has 0 aliphatic heterocycles. The first-order valence-corrected chi connectivity index (χ1v) is 9.13. The number of halogens is 18. The number of hydrogen-bond donors (Lipinski definition) is 0. The van der Waals surface area contributed by atoms with Gasteiger partial charge in [-0.1, -0.05) is 0 Å². The van der Waals surface area contributed by atoms with Crippen LogP contribution in [0.2, 0.25) is 0 Å². The first-order valence-electron chi connectivity index (χ1n) is 6.57. The lowest BCUT2D eigenvalue weighted by molar-refractivity contribution is -0.326. The van der Waals surface area contributed by atoms with Crippen molar-refractivity contribution in [2.75, 3.05) is 0 Å². The second-order valence-electron chi connectivity index (χ2n) is 5.15. The zero-order chi connectivity index (χ0) is 26.4. The Balaban J connectivity index is 6.72. The van der Waals surface area contributed by atoms with Crippen molar-refractivity contribution >= 4 is 18.5 Å². The molecule has 0 unspecified atom stereocenters. The summed E-state index contributed by atoms with van der Waals surface area (Å²) in [6.45, 7) is -7.45. The molecule has 0 atom stereocenters. The van der Waals surface area contributed by atoms with Crippen molar-refractivity contribution in [3.05, 3.63) is 0 Å². The zero-order valence-electron chi connectivity index (χ0n) is 13.6. The third kappa shape index (κ3) is 9.26. The van der Waals surface area contributed by atoms with Gasteiger partial charge in [-0.2, -0.15) is 79.0 Å². The minimum atomic E-state index is -7.45. The zero-order valence-corrected chi connectivity index (χ0v) is 15.3. The maximum absolute atomic E-state index is 12.5. The Bertz CT molecular complexity index is 536. The quantitative estimate of drug-likeness (QED) is 0.264. The average Bonchev–Trinajstić information content (AvgIpc) is 2.41. The van der Waals surface area contributed by atoms with E-state index in [1.165, 1.54) is 0 Å². The van der Waals surface area contributed by atoms with E-state index in [0.717, 1.165) is 0 Å². The van der Waals surface area contributed by atoms with Gasteiger partial charge in [0.1, 0.15) is 0 Å². The smallest absolute Gasteiger partial charge is 0.286 e. The monoisotopic (exact) mass is 564 g/mol. The fourth-order valence-electron chi connectivity index (χ4n) is 1.38. The summed E-state index contributed by atoms with van der Waals surface area (Å²) in [7, 11) is 0. The van der Waals surface area contributed by atoms with Crippen LogP contribution in [-0.2, 0) is 25.4 Å². The molecule has 23 heteroatoms. The Hall–Kier alpha value is -0.730. The van der Waals surface area contributed by atoms with Crippen LogP contribution in [0.3, 0.4) is 0 Å². The molecule has 0 spiro atoms. The van der Waals surface area contributed by atoms with Crippen LogP contribution in [0.4, 0.5) is 79.0 Å². The molecule has 0 aliphatic carbocycles. The van der Waals surface area contributed by atoms with Crippen LogP contribution in [0, 0.1) is 0 Å². The average molecular weight is 564 g/mol. The van der Waals surface area contributed by atoms with Gasteiger partial charge in [0.2, 0.25) is 0 Å². The Morgan fingerprint density at radius 2 is 0.500 bits per heavy atom. The molecular weight excluding hydrogens is 561 g/mol. The van der Waals surface area contributed by atoms with Gasteiger partial charge in [0.25, 0.3) is 18.3 Å². The minimum Gasteiger partial charge on any atom is -0.286 e. The minimum absolute atomic E-state index is 2.64. The van der Waals surface area contributed by atoms with Gasteiger partial charge in [0.05, 0.1) is 0 Å². The third-order valence-corrected chi connectivity index (χ3v) is 4.67. The van der Waals surface area contributed by atoms with E-state index in [0.29, 0.717) is 0 Å². The lowest BCUT2D eigenvalue weighted by atomic mass is 10.3. The molecule has 0 aromatic heterocycles. The summed E-state index contributed by atoms with van der Waals surface area (Å²) in [6.07, 6.45) is -58.0. The second kappa shape index (κ2) is 9.14. The standard InChI is InChI=1S/C9H3F18O3PS/c10-4(11,12)1(5(13,14)15)28-31(32,29-2(6(16,17)18)7(19,20)21)30-3(8(22,23)24)9(25,26)27/h1-3H. The van der Waals surface area contributed by atoms with Crippen molar-refractivity contribution in [1.82, 2.24) is 0 Å². The fourth-order valence-corrected chi connectivity index (χ4v) is 3.79. The molecule has 0 rings (SSSR count). The van der Waals surface area contributed by atoms with Gasteiger partial charge in [0.15, 0.2) is 0 Å². The van der Waals surface area contributed by atoms with E-state index >= 15 is 0 Å². The third-order valence-electron chi connectivity index (χ3n) is 2.49. The van der Waals surface area contributed by atoms with Gasteiger partial charge in [-0.25, -0.2) is 0 Å². The van der Waals surface area contributed by atoms with Gasteiger partial charge in [-0.15, -0.1) is 0 Å². The molecule has 3 nitrogen and oxygen atoms in total. The van der Waals surface area contributed by atoms with E-state index in [4.69, 9.17) is 0 Å². The van der Waals surface area contributed by atoms with Crippen LogP contribution in [0.5, 0.6) is 0 Å². The van der Waals surface area contributed by atoms with E-state index in [-0.39, 0.29) is 0 Å². The van der Waals surface area contributed by atoms with Crippen LogP contribution in [-0.4, -0.2) is 55.4 Å². The van der Waals surface area contributed by atoms with Crippen molar-refractivity contribution in [2.24, 2.45) is 0 Å². The molecule has 32 heavy (non-hydrogen) atoms. The summed E-state index contributed by atoms with van der Waals surface area (Å²) < 4.78 is 233. The number of rotatable bonds is 6. The Kier molecular flexibility index (Phi) is 8.93. The largest absolute Gasteiger partial charge is 0.424 e. The van der Waals surface area contributed by atoms with Crippen molar-refractivity contribution < 1.29 is 92.6 Å². The summed E-state index contributed by atoms with van der Waals surface area (Å²) in [5.74, 6) is 0. The molecule has 194 valence electrons. The van der Waals surface area contributed by atoms with Crippen molar-refractivity contribution in [2.45, 2.75) is 55.4 Å². The molecule has 0 fully saturated rings. The molecule has 0 saturated heterocycles. The molecule has 0 N–H and O–H groups in total. The first-order chi connectivity index (χ1) is 13.5. The summed E-state index contributed by atoms with van der Waals surface area (Å²) in [6, 6.07) is 0. The molecule has 0 heterocycles. The van der Waals surface area contributed by atoms with Crippen molar-refractivity contribution in [3.8, 4) is 0 Å². The van der Waals surface area contributed by atoms with Gasteiger partial charge < -0.3 is 0 Å². The molecule has 0 bridgehead atoms. The lowest BCUT2D eigenvalue weighted by Crippen LogP contribution is -2.49. The van der Waals surface area contributed by atoms with E-state index in [9.17, 15) is 79.0 Å². The highest BCUT2D eigenvalue weighted by molar-refractivity contribution is 8.07. The maximum Gasteiger partial charge on any atom is 0.424 e. The molecular formula is C9H3F18O3PS. The normalized spacial score (nSPS) is 15.9. The van der Waals surface area contributed by atoms with Crippen LogP contribution in [0.25, 0.3) is 0 Å². The summed E-state index contributed by atoms with van der Waals surface area (Å²) in [5.41, 5.74) is 0. The van der Waals surface area contributed by atoms with Gasteiger partial charge in [0, 0.05) is 0 Å². The van der Waals surface area contributed by atoms with Gasteiger partial charge in [-0.3, -0.25) is 13.6 Å².